The van der Waals surface area contributed by atoms with Crippen molar-refractivity contribution in [1.29, 1.82) is 0 Å². The summed E-state index contributed by atoms with van der Waals surface area (Å²) in [6.07, 6.45) is 0. The fourth-order valence-electron chi connectivity index (χ4n) is 1.42. The lowest BCUT2D eigenvalue weighted by atomic mass is 10.2. The van der Waals surface area contributed by atoms with Crippen LogP contribution in [0.5, 0.6) is 0 Å². The Morgan fingerprint density at radius 1 is 1.28 bits per heavy atom. The van der Waals surface area contributed by atoms with Crippen molar-refractivity contribution >= 4 is 6.01 Å². The van der Waals surface area contributed by atoms with Gasteiger partial charge in [0.25, 0.3) is 0 Å². The molecule has 0 saturated heterocycles. The fourth-order valence-corrected chi connectivity index (χ4v) is 1.42. The van der Waals surface area contributed by atoms with Gasteiger partial charge in [-0.2, -0.15) is 0 Å². The zero-order valence-electron chi connectivity index (χ0n) is 11.7. The van der Waals surface area contributed by atoms with E-state index in [-0.39, 0.29) is 6.04 Å². The molecule has 2 N–H and O–H groups in total. The van der Waals surface area contributed by atoms with Gasteiger partial charge in [0.1, 0.15) is 0 Å². The van der Waals surface area contributed by atoms with Crippen LogP contribution in [0.15, 0.2) is 4.42 Å². The van der Waals surface area contributed by atoms with Crippen molar-refractivity contribution in [2.45, 2.75) is 33.7 Å². The lowest BCUT2D eigenvalue weighted by Gasteiger charge is -2.07. The van der Waals surface area contributed by atoms with Gasteiger partial charge in [-0.05, 0) is 19.4 Å². The lowest BCUT2D eigenvalue weighted by molar-refractivity contribution is 0.118. The molecule has 1 aromatic heterocycles. The topological polar surface area (TPSA) is 72.2 Å². The Morgan fingerprint density at radius 2 is 2.06 bits per heavy atom. The van der Waals surface area contributed by atoms with Crippen LogP contribution in [0.25, 0.3) is 0 Å². The summed E-state index contributed by atoms with van der Waals surface area (Å²) < 4.78 is 10.9. The highest BCUT2D eigenvalue weighted by molar-refractivity contribution is 5.16. The number of ether oxygens (including phenoxy) is 1. The number of hydrogen-bond acceptors (Lipinski definition) is 6. The summed E-state index contributed by atoms with van der Waals surface area (Å²) in [7, 11) is 0. The van der Waals surface area contributed by atoms with Crippen molar-refractivity contribution in [2.75, 3.05) is 31.6 Å². The maximum atomic E-state index is 5.47. The first-order valence-electron chi connectivity index (χ1n) is 6.51. The molecule has 1 atom stereocenters. The number of nitrogens with zero attached hydrogens (tertiary/aromatic N) is 2. The predicted molar refractivity (Wildman–Crippen MR) is 70.5 cm³/mol. The van der Waals surface area contributed by atoms with E-state index in [1.807, 2.05) is 13.8 Å². The largest absolute Gasteiger partial charge is 0.406 e. The minimum absolute atomic E-state index is 0.0789. The second-order valence-corrected chi connectivity index (χ2v) is 4.62. The molecular weight excluding hydrogens is 232 g/mol. The van der Waals surface area contributed by atoms with Crippen molar-refractivity contribution in [3.8, 4) is 0 Å². The molecule has 0 aliphatic heterocycles. The van der Waals surface area contributed by atoms with Gasteiger partial charge in [-0.1, -0.05) is 25.9 Å². The van der Waals surface area contributed by atoms with Gasteiger partial charge in [0.2, 0.25) is 5.89 Å². The van der Waals surface area contributed by atoms with Crippen molar-refractivity contribution in [3.05, 3.63) is 5.89 Å². The smallest absolute Gasteiger partial charge is 0.315 e. The van der Waals surface area contributed by atoms with Crippen molar-refractivity contribution in [2.24, 2.45) is 5.92 Å². The number of rotatable bonds is 9. The van der Waals surface area contributed by atoms with Crippen molar-refractivity contribution < 1.29 is 9.15 Å². The minimum atomic E-state index is 0.0789. The molecule has 0 aliphatic carbocycles. The molecule has 0 aliphatic rings. The summed E-state index contributed by atoms with van der Waals surface area (Å²) in [6.45, 7) is 11.2. The van der Waals surface area contributed by atoms with E-state index in [4.69, 9.17) is 9.15 Å². The van der Waals surface area contributed by atoms with Crippen LogP contribution in [-0.4, -0.2) is 36.5 Å². The van der Waals surface area contributed by atoms with Crippen LogP contribution >= 0.6 is 0 Å². The van der Waals surface area contributed by atoms with Crippen LogP contribution < -0.4 is 10.6 Å². The molecule has 1 heterocycles. The molecule has 0 aromatic carbocycles. The normalized spacial score (nSPS) is 12.9. The lowest BCUT2D eigenvalue weighted by Crippen LogP contribution is -2.17. The number of hydrogen-bond donors (Lipinski definition) is 2. The Hall–Kier alpha value is -1.14. The molecule has 0 radical (unpaired) electrons. The standard InChI is InChI=1S/C12H24N4O2/c1-5-13-10(4)11-15-16-12(18-11)14-6-7-17-8-9(2)3/h9-10,13H,5-8H2,1-4H3,(H,14,16). The highest BCUT2D eigenvalue weighted by Gasteiger charge is 2.12. The quantitative estimate of drug-likeness (QED) is 0.657. The van der Waals surface area contributed by atoms with E-state index in [1.54, 1.807) is 0 Å². The number of nitrogens with one attached hydrogen (secondary N) is 2. The SMILES string of the molecule is CCNC(C)c1nnc(NCCOCC(C)C)o1. The van der Waals surface area contributed by atoms with Gasteiger partial charge in [0, 0.05) is 13.2 Å². The van der Waals surface area contributed by atoms with E-state index >= 15 is 0 Å². The Bertz CT molecular complexity index is 328. The highest BCUT2D eigenvalue weighted by Crippen LogP contribution is 2.12. The van der Waals surface area contributed by atoms with Crippen molar-refractivity contribution in [1.82, 2.24) is 15.5 Å². The zero-order chi connectivity index (χ0) is 13.4. The molecule has 6 heteroatoms. The fraction of sp³-hybridized carbons (Fsp3) is 0.833. The monoisotopic (exact) mass is 256 g/mol. The third-order valence-corrected chi connectivity index (χ3v) is 2.30. The second-order valence-electron chi connectivity index (χ2n) is 4.62. The van der Waals surface area contributed by atoms with E-state index in [2.05, 4.69) is 34.7 Å². The van der Waals surface area contributed by atoms with Gasteiger partial charge in [-0.3, -0.25) is 0 Å². The van der Waals surface area contributed by atoms with Crippen LogP contribution in [0.3, 0.4) is 0 Å². The predicted octanol–water partition coefficient (Wildman–Crippen LogP) is 1.82. The molecule has 1 unspecified atom stereocenters. The molecule has 0 bridgehead atoms. The molecule has 6 nitrogen and oxygen atoms in total. The van der Waals surface area contributed by atoms with E-state index in [0.717, 1.165) is 13.2 Å². The molecule has 1 aromatic rings. The number of anilines is 1. The van der Waals surface area contributed by atoms with Crippen LogP contribution in [-0.2, 0) is 4.74 Å². The van der Waals surface area contributed by atoms with Crippen molar-refractivity contribution in [3.63, 3.8) is 0 Å². The molecule has 0 amide bonds. The first-order valence-corrected chi connectivity index (χ1v) is 6.51. The third-order valence-electron chi connectivity index (χ3n) is 2.30. The maximum absolute atomic E-state index is 5.47. The average Bonchev–Trinajstić information content (AvgIpc) is 2.77. The Morgan fingerprint density at radius 3 is 2.72 bits per heavy atom. The summed E-state index contributed by atoms with van der Waals surface area (Å²) in [6, 6.07) is 0.526. The van der Waals surface area contributed by atoms with Gasteiger partial charge in [0.15, 0.2) is 0 Å². The molecule has 0 saturated carbocycles. The first kappa shape index (κ1) is 14.9. The number of aromatic nitrogens is 2. The van der Waals surface area contributed by atoms with Gasteiger partial charge >= 0.3 is 6.01 Å². The summed E-state index contributed by atoms with van der Waals surface area (Å²) in [5, 5.41) is 14.2. The van der Waals surface area contributed by atoms with Gasteiger partial charge < -0.3 is 19.8 Å². The summed E-state index contributed by atoms with van der Waals surface area (Å²) in [5.41, 5.74) is 0. The van der Waals surface area contributed by atoms with Gasteiger partial charge in [-0.15, -0.1) is 5.10 Å². The van der Waals surface area contributed by atoms with Crippen LogP contribution in [0.2, 0.25) is 0 Å². The van der Waals surface area contributed by atoms with Crippen LogP contribution in [0.4, 0.5) is 6.01 Å². The maximum Gasteiger partial charge on any atom is 0.315 e. The second kappa shape index (κ2) is 8.05. The summed E-state index contributed by atoms with van der Waals surface area (Å²) >= 11 is 0. The Balaban J connectivity index is 2.23. The van der Waals surface area contributed by atoms with Gasteiger partial charge in [0.05, 0.1) is 12.6 Å². The summed E-state index contributed by atoms with van der Waals surface area (Å²) in [5.74, 6) is 1.16. The van der Waals surface area contributed by atoms with E-state index in [9.17, 15) is 0 Å². The van der Waals surface area contributed by atoms with E-state index in [0.29, 0.717) is 31.0 Å². The third kappa shape index (κ3) is 5.46. The molecular formula is C12H24N4O2. The summed E-state index contributed by atoms with van der Waals surface area (Å²) in [4.78, 5) is 0. The molecule has 0 fully saturated rings. The average molecular weight is 256 g/mol. The molecule has 18 heavy (non-hydrogen) atoms. The van der Waals surface area contributed by atoms with E-state index < -0.39 is 0 Å². The minimum Gasteiger partial charge on any atom is -0.406 e. The Labute approximate surface area is 108 Å². The first-order chi connectivity index (χ1) is 8.63. The molecule has 104 valence electrons. The zero-order valence-corrected chi connectivity index (χ0v) is 11.7. The van der Waals surface area contributed by atoms with Gasteiger partial charge in [-0.25, -0.2) is 0 Å². The highest BCUT2D eigenvalue weighted by atomic mass is 16.5. The van der Waals surface area contributed by atoms with Crippen LogP contribution in [0, 0.1) is 5.92 Å². The Kier molecular flexibility index (Phi) is 6.67. The molecule has 1 rings (SSSR count). The van der Waals surface area contributed by atoms with E-state index in [1.165, 1.54) is 0 Å². The molecule has 0 spiro atoms. The van der Waals surface area contributed by atoms with Crippen LogP contribution in [0.1, 0.15) is 39.6 Å².